The molecule has 1 atom stereocenters. The van der Waals surface area contributed by atoms with Gasteiger partial charge >= 0.3 is 0 Å². The Hall–Kier alpha value is -0.280. The van der Waals surface area contributed by atoms with Gasteiger partial charge in [-0.1, -0.05) is 29.3 Å². The van der Waals surface area contributed by atoms with Crippen LogP contribution >= 0.6 is 23.2 Å². The van der Waals surface area contributed by atoms with Crippen LogP contribution in [0.4, 0.5) is 0 Å². The van der Waals surface area contributed by atoms with Crippen molar-refractivity contribution >= 4 is 23.2 Å². The van der Waals surface area contributed by atoms with Gasteiger partial charge in [0.15, 0.2) is 0 Å². The molecule has 0 spiro atoms. The van der Waals surface area contributed by atoms with Crippen LogP contribution in [0.1, 0.15) is 12.0 Å². The molecule has 1 aromatic rings. The molecule has 96 valence electrons. The van der Waals surface area contributed by atoms with Crippen molar-refractivity contribution in [1.82, 2.24) is 10.2 Å². The molecule has 0 aliphatic heterocycles. The molecular weight excluding hydrogens is 255 g/mol. The molecule has 1 N–H and O–H groups in total. The van der Waals surface area contributed by atoms with Crippen LogP contribution in [0.5, 0.6) is 0 Å². The number of hydrogen-bond donors (Lipinski definition) is 1. The van der Waals surface area contributed by atoms with Crippen LogP contribution in [-0.2, 0) is 6.42 Å². The number of benzene rings is 1. The molecule has 0 saturated heterocycles. The van der Waals surface area contributed by atoms with Crippen LogP contribution < -0.4 is 5.32 Å². The summed E-state index contributed by atoms with van der Waals surface area (Å²) in [6.45, 7) is 1.07. The minimum Gasteiger partial charge on any atom is -0.317 e. The molecule has 0 aliphatic carbocycles. The molecule has 0 amide bonds. The van der Waals surface area contributed by atoms with Crippen molar-refractivity contribution in [3.8, 4) is 0 Å². The van der Waals surface area contributed by atoms with Gasteiger partial charge in [0, 0.05) is 16.1 Å². The molecule has 2 nitrogen and oxygen atoms in total. The first kappa shape index (κ1) is 14.8. The van der Waals surface area contributed by atoms with E-state index in [0.29, 0.717) is 11.1 Å². The highest BCUT2D eigenvalue weighted by atomic mass is 35.5. The largest absolute Gasteiger partial charge is 0.317 e. The SMILES string of the molecule is CNC(CCN(C)C)Cc1ccc(Cl)cc1Cl. The zero-order valence-electron chi connectivity index (χ0n) is 10.6. The van der Waals surface area contributed by atoms with Gasteiger partial charge in [0.25, 0.3) is 0 Å². The van der Waals surface area contributed by atoms with Gasteiger partial charge in [-0.15, -0.1) is 0 Å². The van der Waals surface area contributed by atoms with Crippen molar-refractivity contribution < 1.29 is 0 Å². The smallest absolute Gasteiger partial charge is 0.0453 e. The molecule has 1 rings (SSSR count). The third-order valence-electron chi connectivity index (χ3n) is 2.81. The van der Waals surface area contributed by atoms with E-state index in [2.05, 4.69) is 24.3 Å². The summed E-state index contributed by atoms with van der Waals surface area (Å²) < 4.78 is 0. The van der Waals surface area contributed by atoms with Gasteiger partial charge in [-0.3, -0.25) is 0 Å². The maximum atomic E-state index is 6.17. The lowest BCUT2D eigenvalue weighted by Gasteiger charge is -2.19. The predicted molar refractivity (Wildman–Crippen MR) is 76.2 cm³/mol. The van der Waals surface area contributed by atoms with Gasteiger partial charge in [0.05, 0.1) is 0 Å². The van der Waals surface area contributed by atoms with Crippen LogP contribution in [-0.4, -0.2) is 38.6 Å². The molecule has 0 fully saturated rings. The van der Waals surface area contributed by atoms with Gasteiger partial charge in [-0.2, -0.15) is 0 Å². The quantitative estimate of drug-likeness (QED) is 0.858. The molecule has 17 heavy (non-hydrogen) atoms. The van der Waals surface area contributed by atoms with E-state index >= 15 is 0 Å². The molecule has 0 bridgehead atoms. The molecule has 1 unspecified atom stereocenters. The molecule has 4 heteroatoms. The summed E-state index contributed by atoms with van der Waals surface area (Å²) in [4.78, 5) is 2.19. The summed E-state index contributed by atoms with van der Waals surface area (Å²) in [7, 11) is 6.16. The number of likely N-dealkylation sites (N-methyl/N-ethyl adjacent to an activating group) is 1. The zero-order chi connectivity index (χ0) is 12.8. The van der Waals surface area contributed by atoms with Crippen LogP contribution in [0.15, 0.2) is 18.2 Å². The second-order valence-corrected chi connectivity index (χ2v) is 5.36. The number of nitrogens with zero attached hydrogens (tertiary/aromatic N) is 1. The predicted octanol–water partition coefficient (Wildman–Crippen LogP) is 3.08. The fourth-order valence-corrected chi connectivity index (χ4v) is 2.20. The second-order valence-electron chi connectivity index (χ2n) is 4.52. The monoisotopic (exact) mass is 274 g/mol. The lowest BCUT2D eigenvalue weighted by Crippen LogP contribution is -2.31. The normalized spacial score (nSPS) is 13.1. The van der Waals surface area contributed by atoms with E-state index in [1.807, 2.05) is 19.2 Å². The highest BCUT2D eigenvalue weighted by molar-refractivity contribution is 6.35. The average molecular weight is 275 g/mol. The van der Waals surface area contributed by atoms with Crippen molar-refractivity contribution in [1.29, 1.82) is 0 Å². The Kier molecular flexibility index (Phi) is 6.28. The number of halogens is 2. The second kappa shape index (κ2) is 7.22. The van der Waals surface area contributed by atoms with E-state index < -0.39 is 0 Å². The maximum Gasteiger partial charge on any atom is 0.0453 e. The number of nitrogens with one attached hydrogen (secondary N) is 1. The minimum absolute atomic E-state index is 0.441. The Morgan fingerprint density at radius 3 is 2.53 bits per heavy atom. The summed E-state index contributed by atoms with van der Waals surface area (Å²) >= 11 is 12.1. The van der Waals surface area contributed by atoms with Crippen LogP contribution in [0.2, 0.25) is 10.0 Å². The summed E-state index contributed by atoms with van der Waals surface area (Å²) in [6.07, 6.45) is 2.03. The third-order valence-corrected chi connectivity index (χ3v) is 3.40. The molecule has 0 heterocycles. The van der Waals surface area contributed by atoms with Gasteiger partial charge in [-0.25, -0.2) is 0 Å². The first-order valence-electron chi connectivity index (χ1n) is 5.79. The van der Waals surface area contributed by atoms with E-state index in [1.54, 1.807) is 6.07 Å². The Morgan fingerprint density at radius 2 is 2.00 bits per heavy atom. The number of rotatable bonds is 6. The Balaban J connectivity index is 2.60. The summed E-state index contributed by atoms with van der Waals surface area (Å²) in [6, 6.07) is 6.14. The molecule has 0 aromatic heterocycles. The number of hydrogen-bond acceptors (Lipinski definition) is 2. The summed E-state index contributed by atoms with van der Waals surface area (Å²) in [5.41, 5.74) is 1.15. The van der Waals surface area contributed by atoms with Crippen LogP contribution in [0.3, 0.4) is 0 Å². The van der Waals surface area contributed by atoms with Gasteiger partial charge in [-0.05, 0) is 58.2 Å². The maximum absolute atomic E-state index is 6.17. The van der Waals surface area contributed by atoms with E-state index in [4.69, 9.17) is 23.2 Å². The summed E-state index contributed by atoms with van der Waals surface area (Å²) in [5, 5.41) is 4.77. The van der Waals surface area contributed by atoms with Gasteiger partial charge < -0.3 is 10.2 Å². The molecule has 0 saturated carbocycles. The lowest BCUT2D eigenvalue weighted by atomic mass is 10.0. The van der Waals surface area contributed by atoms with E-state index in [0.717, 1.165) is 30.0 Å². The van der Waals surface area contributed by atoms with Crippen molar-refractivity contribution in [2.24, 2.45) is 0 Å². The fraction of sp³-hybridized carbons (Fsp3) is 0.538. The van der Waals surface area contributed by atoms with E-state index in [-0.39, 0.29) is 0 Å². The zero-order valence-corrected chi connectivity index (χ0v) is 12.1. The van der Waals surface area contributed by atoms with Crippen molar-refractivity contribution in [3.63, 3.8) is 0 Å². The molecule has 0 aliphatic rings. The third kappa shape index (κ3) is 5.26. The molecule has 0 radical (unpaired) electrons. The van der Waals surface area contributed by atoms with Crippen LogP contribution in [0, 0.1) is 0 Å². The fourth-order valence-electron chi connectivity index (χ4n) is 1.72. The lowest BCUT2D eigenvalue weighted by molar-refractivity contribution is 0.364. The highest BCUT2D eigenvalue weighted by Gasteiger charge is 2.10. The standard InChI is InChI=1S/C13H20Cl2N2/c1-16-12(6-7-17(2)3)8-10-4-5-11(14)9-13(10)15/h4-5,9,12,16H,6-8H2,1-3H3. The molecule has 1 aromatic carbocycles. The van der Waals surface area contributed by atoms with E-state index in [9.17, 15) is 0 Å². The van der Waals surface area contributed by atoms with Crippen molar-refractivity contribution in [3.05, 3.63) is 33.8 Å². The van der Waals surface area contributed by atoms with Gasteiger partial charge in [0.1, 0.15) is 0 Å². The van der Waals surface area contributed by atoms with Crippen molar-refractivity contribution in [2.75, 3.05) is 27.7 Å². The topological polar surface area (TPSA) is 15.3 Å². The Morgan fingerprint density at radius 1 is 1.29 bits per heavy atom. The summed E-state index contributed by atoms with van der Waals surface area (Å²) in [5.74, 6) is 0. The van der Waals surface area contributed by atoms with Gasteiger partial charge in [0.2, 0.25) is 0 Å². The molecular formula is C13H20Cl2N2. The van der Waals surface area contributed by atoms with Crippen LogP contribution in [0.25, 0.3) is 0 Å². The minimum atomic E-state index is 0.441. The van der Waals surface area contributed by atoms with Crippen molar-refractivity contribution in [2.45, 2.75) is 18.9 Å². The van der Waals surface area contributed by atoms with E-state index in [1.165, 1.54) is 0 Å². The first-order chi connectivity index (χ1) is 8.02. The first-order valence-corrected chi connectivity index (χ1v) is 6.54. The Labute approximate surface area is 114 Å². The average Bonchev–Trinajstić information content (AvgIpc) is 2.26. The Bertz CT molecular complexity index is 353. The highest BCUT2D eigenvalue weighted by Crippen LogP contribution is 2.22.